The van der Waals surface area contributed by atoms with E-state index in [0.717, 1.165) is 24.6 Å². The summed E-state index contributed by atoms with van der Waals surface area (Å²) < 4.78 is 44.0. The summed E-state index contributed by atoms with van der Waals surface area (Å²) in [6.45, 7) is 1.93. The smallest absolute Gasteiger partial charge is 0.446 e. The monoisotopic (exact) mass is 531 g/mol. The van der Waals surface area contributed by atoms with Crippen LogP contribution >= 0.6 is 11.8 Å². The largest absolute Gasteiger partial charge is 0.487 e. The fourth-order valence-corrected chi connectivity index (χ4v) is 5.45. The van der Waals surface area contributed by atoms with Gasteiger partial charge in [0.25, 0.3) is 5.91 Å². The Kier molecular flexibility index (Phi) is 8.02. The van der Waals surface area contributed by atoms with Gasteiger partial charge in [-0.15, -0.1) is 0 Å². The molecule has 196 valence electrons. The van der Waals surface area contributed by atoms with Crippen molar-refractivity contribution in [1.82, 2.24) is 5.32 Å². The van der Waals surface area contributed by atoms with Crippen LogP contribution in [0.1, 0.15) is 54.9 Å². The summed E-state index contributed by atoms with van der Waals surface area (Å²) in [7, 11) is 0. The Morgan fingerprint density at radius 1 is 1.03 bits per heavy atom. The fourth-order valence-electron chi connectivity index (χ4n) is 4.91. The highest BCUT2D eigenvalue weighted by Crippen LogP contribution is 2.40. The van der Waals surface area contributed by atoms with Gasteiger partial charge in [-0.05, 0) is 59.2 Å². The van der Waals surface area contributed by atoms with E-state index in [4.69, 9.17) is 4.74 Å². The molecule has 1 unspecified atom stereocenters. The van der Waals surface area contributed by atoms with E-state index in [9.17, 15) is 27.9 Å². The van der Waals surface area contributed by atoms with E-state index in [2.05, 4.69) is 5.32 Å². The molecule has 0 heterocycles. The molecule has 4 rings (SSSR count). The molecule has 0 spiro atoms. The number of nitrogens with one attached hydrogen (secondary N) is 1. The fraction of sp³-hybridized carbons (Fsp3) is 0.357. The number of hydrogen-bond donors (Lipinski definition) is 2. The molecule has 3 aromatic carbocycles. The lowest BCUT2D eigenvalue weighted by Gasteiger charge is -2.38. The molecule has 9 heteroatoms. The molecule has 5 nitrogen and oxygen atoms in total. The third-order valence-corrected chi connectivity index (χ3v) is 7.62. The first-order chi connectivity index (χ1) is 17.6. The quantitative estimate of drug-likeness (QED) is 0.301. The molecule has 1 amide bonds. The molecule has 0 aliphatic heterocycles. The van der Waals surface area contributed by atoms with Crippen molar-refractivity contribution in [3.63, 3.8) is 0 Å². The first-order valence-electron chi connectivity index (χ1n) is 12.1. The average Bonchev–Trinajstić information content (AvgIpc) is 2.85. The van der Waals surface area contributed by atoms with Crippen LogP contribution in [0.4, 0.5) is 13.2 Å². The number of ether oxygens (including phenoxy) is 1. The van der Waals surface area contributed by atoms with Crippen molar-refractivity contribution >= 4 is 34.4 Å². The number of hydrogen-bond acceptors (Lipinski definition) is 4. The first-order valence-corrected chi connectivity index (χ1v) is 12.9. The van der Waals surface area contributed by atoms with E-state index in [1.54, 1.807) is 24.3 Å². The van der Waals surface area contributed by atoms with Crippen molar-refractivity contribution in [2.24, 2.45) is 5.41 Å². The minimum absolute atomic E-state index is 0.0192. The lowest BCUT2D eigenvalue weighted by atomic mass is 9.70. The van der Waals surface area contributed by atoms with Gasteiger partial charge in [-0.2, -0.15) is 13.2 Å². The maximum absolute atomic E-state index is 13.4. The van der Waals surface area contributed by atoms with Gasteiger partial charge in [-0.3, -0.25) is 4.79 Å². The van der Waals surface area contributed by atoms with Crippen molar-refractivity contribution in [1.29, 1.82) is 0 Å². The van der Waals surface area contributed by atoms with Gasteiger partial charge in [0.2, 0.25) is 0 Å². The highest BCUT2D eigenvalue weighted by atomic mass is 32.2. The molecule has 37 heavy (non-hydrogen) atoms. The van der Waals surface area contributed by atoms with Crippen LogP contribution in [-0.2, 0) is 11.4 Å². The van der Waals surface area contributed by atoms with Crippen molar-refractivity contribution in [3.8, 4) is 5.75 Å². The number of halogens is 3. The molecule has 0 saturated heterocycles. The number of aliphatic carboxylic acids is 1. The van der Waals surface area contributed by atoms with Gasteiger partial charge in [0.15, 0.2) is 0 Å². The highest BCUT2D eigenvalue weighted by Gasteiger charge is 2.41. The van der Waals surface area contributed by atoms with Crippen LogP contribution in [0.25, 0.3) is 10.8 Å². The summed E-state index contributed by atoms with van der Waals surface area (Å²) >= 11 is -0.190. The molecule has 1 aliphatic carbocycles. The summed E-state index contributed by atoms with van der Waals surface area (Å²) in [5.41, 5.74) is -4.09. The van der Waals surface area contributed by atoms with Gasteiger partial charge in [0.1, 0.15) is 18.4 Å². The van der Waals surface area contributed by atoms with Gasteiger partial charge < -0.3 is 15.2 Å². The number of carboxylic acid groups (broad SMARTS) is 1. The predicted octanol–water partition coefficient (Wildman–Crippen LogP) is 7.18. The third-order valence-electron chi connectivity index (χ3n) is 6.88. The minimum Gasteiger partial charge on any atom is -0.487 e. The second-order valence-electron chi connectivity index (χ2n) is 9.60. The van der Waals surface area contributed by atoms with Crippen LogP contribution in [-0.4, -0.2) is 28.5 Å². The molecule has 1 fully saturated rings. The molecule has 1 aliphatic rings. The Hall–Kier alpha value is -3.20. The lowest BCUT2D eigenvalue weighted by Crippen LogP contribution is -2.52. The second kappa shape index (κ2) is 11.0. The number of thioether (sulfide) groups is 1. The number of carbonyl (C=O) groups is 2. The highest BCUT2D eigenvalue weighted by molar-refractivity contribution is 8.00. The number of fused-ring (bicyclic) bond motifs is 1. The van der Waals surface area contributed by atoms with Gasteiger partial charge in [-0.25, -0.2) is 4.79 Å². The normalized spacial score (nSPS) is 16.2. The Morgan fingerprint density at radius 3 is 2.35 bits per heavy atom. The molecule has 3 aromatic rings. The molecule has 0 aromatic heterocycles. The zero-order valence-corrected chi connectivity index (χ0v) is 21.1. The lowest BCUT2D eigenvalue weighted by molar-refractivity contribution is -0.143. The second-order valence-corrected chi connectivity index (χ2v) is 10.7. The Bertz CT molecular complexity index is 1270. The Labute approximate surface area is 217 Å². The number of amides is 1. The van der Waals surface area contributed by atoms with E-state index < -0.39 is 28.8 Å². The Balaban J connectivity index is 1.59. The maximum Gasteiger partial charge on any atom is 0.446 e. The summed E-state index contributed by atoms with van der Waals surface area (Å²) in [6, 6.07) is 15.5. The minimum atomic E-state index is -4.37. The molecule has 0 radical (unpaired) electrons. The Morgan fingerprint density at radius 2 is 1.70 bits per heavy atom. The predicted molar refractivity (Wildman–Crippen MR) is 137 cm³/mol. The number of carboxylic acids is 1. The third kappa shape index (κ3) is 6.57. The zero-order chi connectivity index (χ0) is 26.6. The standard InChI is InChI=1S/C28H28F3NO4S/c1-27(15-5-2-6-16-27)24(26(34)35)32-25(33)22-14-11-19-7-3-4-8-21(19)23(22)36-17-18-9-12-20(13-10-18)37-28(29,30)31/h3-4,7-14,24H,2,5-6,15-17H2,1H3,(H,32,33)(H,34,35). The molecule has 2 N–H and O–H groups in total. The van der Waals surface area contributed by atoms with Gasteiger partial charge >= 0.3 is 11.5 Å². The van der Waals surface area contributed by atoms with Crippen molar-refractivity contribution < 1.29 is 32.6 Å². The first kappa shape index (κ1) is 26.9. The van der Waals surface area contributed by atoms with Crippen LogP contribution < -0.4 is 10.1 Å². The summed E-state index contributed by atoms with van der Waals surface area (Å²) in [4.78, 5) is 25.7. The molecule has 1 saturated carbocycles. The van der Waals surface area contributed by atoms with Gasteiger partial charge in [0, 0.05) is 10.3 Å². The number of benzene rings is 3. The van der Waals surface area contributed by atoms with E-state index >= 15 is 0 Å². The van der Waals surface area contributed by atoms with Crippen molar-refractivity contribution in [3.05, 3.63) is 71.8 Å². The van der Waals surface area contributed by atoms with E-state index in [-0.39, 0.29) is 28.8 Å². The average molecular weight is 532 g/mol. The van der Waals surface area contributed by atoms with E-state index in [1.165, 1.54) is 12.1 Å². The van der Waals surface area contributed by atoms with E-state index in [0.29, 0.717) is 29.5 Å². The molecular formula is C28H28F3NO4S. The maximum atomic E-state index is 13.4. The summed E-state index contributed by atoms with van der Waals surface area (Å²) in [5, 5.41) is 14.2. The van der Waals surface area contributed by atoms with Crippen molar-refractivity contribution in [2.75, 3.05) is 0 Å². The SMILES string of the molecule is CC1(C(NC(=O)c2ccc3ccccc3c2OCc2ccc(SC(F)(F)F)cc2)C(=O)O)CCCCC1. The van der Waals surface area contributed by atoms with Crippen molar-refractivity contribution in [2.45, 2.75) is 62.1 Å². The van der Waals surface area contributed by atoms with Crippen LogP contribution in [0.3, 0.4) is 0 Å². The number of carbonyl (C=O) groups excluding carboxylic acids is 1. The van der Waals surface area contributed by atoms with Crippen LogP contribution in [0.2, 0.25) is 0 Å². The molecular weight excluding hydrogens is 503 g/mol. The van der Waals surface area contributed by atoms with Crippen LogP contribution in [0.5, 0.6) is 5.75 Å². The topological polar surface area (TPSA) is 75.6 Å². The van der Waals surface area contributed by atoms with E-state index in [1.807, 2.05) is 31.2 Å². The summed E-state index contributed by atoms with van der Waals surface area (Å²) in [6.07, 6.45) is 4.32. The molecule has 1 atom stereocenters. The number of alkyl halides is 3. The number of rotatable bonds is 8. The summed E-state index contributed by atoms with van der Waals surface area (Å²) in [5.74, 6) is -1.32. The molecule has 0 bridgehead atoms. The van der Waals surface area contributed by atoms with Crippen LogP contribution in [0, 0.1) is 5.41 Å². The zero-order valence-electron chi connectivity index (χ0n) is 20.3. The van der Waals surface area contributed by atoms with Gasteiger partial charge in [0.05, 0.1) is 5.56 Å². The van der Waals surface area contributed by atoms with Gasteiger partial charge in [-0.1, -0.05) is 68.7 Å². The van der Waals surface area contributed by atoms with Crippen LogP contribution in [0.15, 0.2) is 65.6 Å².